The smallest absolute Gasteiger partial charge is 0.0541 e. The summed E-state index contributed by atoms with van der Waals surface area (Å²) in [6.07, 6.45) is 9.95. The summed E-state index contributed by atoms with van der Waals surface area (Å²) in [6, 6.07) is 61.7. The predicted octanol–water partition coefficient (Wildman–Crippen LogP) is 14.0. The standard InChI is InChI=1S/C54H44N2/c1-2-36-17-21-41(22-18-36)53-31-37-27-38(32-53)34-54(33-37,35-53)42-23-26-52-48(30-42)47-29-40(20-25-51(47)56(52)44-13-7-4-8-14-44)39-19-24-50-46(28-39)45-15-9-10-16-49(45)55(50)43-11-5-3-6-12-43/h2-26,28-30,37-38H,1,27,31-35H2. The van der Waals surface area contributed by atoms with Crippen molar-refractivity contribution in [1.82, 2.24) is 9.13 Å². The van der Waals surface area contributed by atoms with E-state index in [0.717, 1.165) is 11.8 Å². The van der Waals surface area contributed by atoms with Gasteiger partial charge in [-0.25, -0.2) is 0 Å². The second-order valence-corrected chi connectivity index (χ2v) is 17.4. The third kappa shape index (κ3) is 4.68. The highest BCUT2D eigenvalue weighted by Gasteiger charge is 2.58. The van der Waals surface area contributed by atoms with E-state index < -0.39 is 0 Å². The van der Waals surface area contributed by atoms with Crippen LogP contribution in [0.15, 0.2) is 170 Å². The van der Waals surface area contributed by atoms with E-state index in [1.54, 1.807) is 11.1 Å². The summed E-state index contributed by atoms with van der Waals surface area (Å²) in [5.41, 5.74) is 14.7. The molecule has 2 heterocycles. The Hall–Kier alpha value is -6.12. The Bertz CT molecular complexity index is 2980. The largest absolute Gasteiger partial charge is 0.309 e. The quantitative estimate of drug-likeness (QED) is 0.162. The van der Waals surface area contributed by atoms with E-state index in [1.807, 2.05) is 6.08 Å². The molecule has 7 aromatic carbocycles. The van der Waals surface area contributed by atoms with Gasteiger partial charge in [0.25, 0.3) is 0 Å². The number of para-hydroxylation sites is 3. The molecule has 2 nitrogen and oxygen atoms in total. The van der Waals surface area contributed by atoms with E-state index in [1.165, 1.54) is 110 Å². The Morgan fingerprint density at radius 1 is 0.446 bits per heavy atom. The van der Waals surface area contributed by atoms with Gasteiger partial charge in [0.1, 0.15) is 0 Å². The van der Waals surface area contributed by atoms with Crippen LogP contribution in [-0.4, -0.2) is 9.13 Å². The first-order chi connectivity index (χ1) is 27.6. The number of hydrogen-bond donors (Lipinski definition) is 0. The third-order valence-corrected chi connectivity index (χ3v) is 14.2. The number of fused-ring (bicyclic) bond motifs is 6. The fraction of sp³-hybridized carbons (Fsp3) is 0.185. The Labute approximate surface area is 328 Å². The van der Waals surface area contributed by atoms with Crippen molar-refractivity contribution in [3.63, 3.8) is 0 Å². The molecule has 2 aromatic heterocycles. The molecular formula is C54H44N2. The van der Waals surface area contributed by atoms with Crippen molar-refractivity contribution >= 4 is 49.7 Å². The minimum absolute atomic E-state index is 0.214. The Morgan fingerprint density at radius 2 is 0.911 bits per heavy atom. The van der Waals surface area contributed by atoms with Crippen molar-refractivity contribution in [2.45, 2.75) is 49.4 Å². The van der Waals surface area contributed by atoms with Crippen molar-refractivity contribution < 1.29 is 0 Å². The summed E-state index contributed by atoms with van der Waals surface area (Å²) in [7, 11) is 0. The molecule has 0 radical (unpaired) electrons. The fourth-order valence-electron chi connectivity index (χ4n) is 12.3. The van der Waals surface area contributed by atoms with Crippen LogP contribution < -0.4 is 0 Å². The minimum Gasteiger partial charge on any atom is -0.309 e. The topological polar surface area (TPSA) is 9.86 Å². The van der Waals surface area contributed by atoms with Gasteiger partial charge in [0.2, 0.25) is 0 Å². The van der Waals surface area contributed by atoms with Crippen LogP contribution >= 0.6 is 0 Å². The Balaban J connectivity index is 1.03. The molecule has 4 fully saturated rings. The van der Waals surface area contributed by atoms with Crippen LogP contribution in [0.1, 0.15) is 55.2 Å². The summed E-state index contributed by atoms with van der Waals surface area (Å²) in [5, 5.41) is 5.26. The molecule has 2 heteroatoms. The third-order valence-electron chi connectivity index (χ3n) is 14.2. The van der Waals surface area contributed by atoms with Crippen molar-refractivity contribution in [2.75, 3.05) is 0 Å². The van der Waals surface area contributed by atoms with Gasteiger partial charge in [-0.15, -0.1) is 0 Å². The van der Waals surface area contributed by atoms with Gasteiger partial charge >= 0.3 is 0 Å². The molecule has 0 amide bonds. The first-order valence-electron chi connectivity index (χ1n) is 20.5. The van der Waals surface area contributed by atoms with Crippen molar-refractivity contribution in [2.24, 2.45) is 11.8 Å². The van der Waals surface area contributed by atoms with Gasteiger partial charge in [0.05, 0.1) is 22.1 Å². The van der Waals surface area contributed by atoms with Gasteiger partial charge in [0.15, 0.2) is 0 Å². The van der Waals surface area contributed by atoms with E-state index >= 15 is 0 Å². The van der Waals surface area contributed by atoms with Crippen LogP contribution in [0.5, 0.6) is 0 Å². The maximum atomic E-state index is 4.03. The Kier molecular flexibility index (Phi) is 6.86. The van der Waals surface area contributed by atoms with Crippen LogP contribution in [-0.2, 0) is 10.8 Å². The highest BCUT2D eigenvalue weighted by molar-refractivity contribution is 6.13. The second kappa shape index (κ2) is 11.9. The molecule has 4 aliphatic carbocycles. The molecule has 4 aliphatic rings. The molecule has 0 N–H and O–H groups in total. The number of aromatic nitrogens is 2. The summed E-state index contributed by atoms with van der Waals surface area (Å²) in [5.74, 6) is 1.59. The molecule has 56 heavy (non-hydrogen) atoms. The summed E-state index contributed by atoms with van der Waals surface area (Å²) < 4.78 is 4.88. The maximum absolute atomic E-state index is 4.03. The van der Waals surface area contributed by atoms with Crippen LogP contribution in [0, 0.1) is 11.8 Å². The molecule has 9 aromatic rings. The number of benzene rings is 7. The average molecular weight is 721 g/mol. The van der Waals surface area contributed by atoms with Gasteiger partial charge < -0.3 is 9.13 Å². The zero-order valence-corrected chi connectivity index (χ0v) is 31.7. The number of rotatable bonds is 6. The predicted molar refractivity (Wildman–Crippen MR) is 235 cm³/mol. The number of nitrogens with zero attached hydrogens (tertiary/aromatic N) is 2. The van der Waals surface area contributed by atoms with Crippen molar-refractivity contribution in [1.29, 1.82) is 0 Å². The molecule has 0 spiro atoms. The zero-order valence-electron chi connectivity index (χ0n) is 31.7. The lowest BCUT2D eigenvalue weighted by atomic mass is 9.41. The van der Waals surface area contributed by atoms with Gasteiger partial charge in [0, 0.05) is 32.9 Å². The van der Waals surface area contributed by atoms with E-state index in [-0.39, 0.29) is 10.8 Å². The van der Waals surface area contributed by atoms with Gasteiger partial charge in [-0.05, 0) is 156 Å². The summed E-state index contributed by atoms with van der Waals surface area (Å²) in [4.78, 5) is 0. The normalized spacial score (nSPS) is 22.8. The van der Waals surface area contributed by atoms with E-state index in [0.29, 0.717) is 0 Å². The summed E-state index contributed by atoms with van der Waals surface area (Å²) >= 11 is 0. The SMILES string of the molecule is C=Cc1ccc(C23CC4CC(C2)CC(c2ccc5c(c2)c2cc(-c6ccc7c(c6)c6ccccc6n7-c6ccccc6)ccc2n5-c2ccccc2)(C4)C3)cc1. The molecule has 4 saturated carbocycles. The monoisotopic (exact) mass is 720 g/mol. The highest BCUT2D eigenvalue weighted by atomic mass is 15.0. The van der Waals surface area contributed by atoms with Crippen molar-refractivity contribution in [3.8, 4) is 22.5 Å². The molecule has 13 rings (SSSR count). The first-order valence-corrected chi connectivity index (χ1v) is 20.5. The van der Waals surface area contributed by atoms with E-state index in [2.05, 4.69) is 180 Å². The molecule has 2 atom stereocenters. The van der Waals surface area contributed by atoms with Gasteiger partial charge in [-0.2, -0.15) is 0 Å². The average Bonchev–Trinajstić information content (AvgIpc) is 3.75. The van der Waals surface area contributed by atoms with Crippen LogP contribution in [0.4, 0.5) is 0 Å². The number of hydrogen-bond acceptors (Lipinski definition) is 0. The highest BCUT2D eigenvalue weighted by Crippen LogP contribution is 2.66. The van der Waals surface area contributed by atoms with E-state index in [9.17, 15) is 0 Å². The molecule has 4 bridgehead atoms. The van der Waals surface area contributed by atoms with Gasteiger partial charge in [-0.1, -0.05) is 110 Å². The fourth-order valence-corrected chi connectivity index (χ4v) is 12.3. The minimum atomic E-state index is 0.214. The lowest BCUT2D eigenvalue weighted by molar-refractivity contribution is -0.0280. The molecular weight excluding hydrogens is 677 g/mol. The molecule has 0 saturated heterocycles. The van der Waals surface area contributed by atoms with Gasteiger partial charge in [-0.3, -0.25) is 0 Å². The summed E-state index contributed by atoms with van der Waals surface area (Å²) in [6.45, 7) is 4.03. The molecule has 2 unspecified atom stereocenters. The zero-order chi connectivity index (χ0) is 37.0. The first kappa shape index (κ1) is 32.2. The van der Waals surface area contributed by atoms with E-state index in [4.69, 9.17) is 0 Å². The lowest BCUT2D eigenvalue weighted by Gasteiger charge is -2.63. The molecule has 270 valence electrons. The maximum Gasteiger partial charge on any atom is 0.0541 e. The van der Waals surface area contributed by atoms with Crippen LogP contribution in [0.25, 0.3) is 72.2 Å². The molecule has 0 aliphatic heterocycles. The van der Waals surface area contributed by atoms with Crippen molar-refractivity contribution in [3.05, 3.63) is 187 Å². The van der Waals surface area contributed by atoms with Crippen LogP contribution in [0.3, 0.4) is 0 Å². The second-order valence-electron chi connectivity index (χ2n) is 17.4. The Morgan fingerprint density at radius 3 is 1.50 bits per heavy atom. The van der Waals surface area contributed by atoms with Crippen LogP contribution in [0.2, 0.25) is 0 Å². The lowest BCUT2D eigenvalue weighted by Crippen LogP contribution is -2.55.